The molecule has 0 fully saturated rings. The summed E-state index contributed by atoms with van der Waals surface area (Å²) in [4.78, 5) is 0. The second-order valence-corrected chi connectivity index (χ2v) is 3.97. The van der Waals surface area contributed by atoms with Gasteiger partial charge in [0.05, 0.1) is 0 Å². The zero-order valence-corrected chi connectivity index (χ0v) is 10.1. The summed E-state index contributed by atoms with van der Waals surface area (Å²) in [7, 11) is 3.80. The van der Waals surface area contributed by atoms with Crippen molar-refractivity contribution in [3.8, 4) is 11.4 Å². The standard InChI is InChI=1S/C12H16N4/c1-8-5-6-10(9(2)7-8)11-14-15-12(13-3)16(11)4/h5-7H,1-4H3,(H,13,15). The zero-order chi connectivity index (χ0) is 11.7. The molecule has 1 aromatic carbocycles. The van der Waals surface area contributed by atoms with E-state index in [4.69, 9.17) is 0 Å². The summed E-state index contributed by atoms with van der Waals surface area (Å²) in [5, 5.41) is 11.3. The van der Waals surface area contributed by atoms with E-state index in [2.05, 4.69) is 47.6 Å². The Morgan fingerprint density at radius 3 is 2.50 bits per heavy atom. The van der Waals surface area contributed by atoms with E-state index in [1.54, 1.807) is 0 Å². The Labute approximate surface area is 95.3 Å². The van der Waals surface area contributed by atoms with Crippen LogP contribution in [-0.2, 0) is 7.05 Å². The third-order valence-corrected chi connectivity index (χ3v) is 2.72. The predicted molar refractivity (Wildman–Crippen MR) is 65.5 cm³/mol. The highest BCUT2D eigenvalue weighted by molar-refractivity contribution is 5.62. The molecule has 0 atom stereocenters. The number of rotatable bonds is 2. The summed E-state index contributed by atoms with van der Waals surface area (Å²) in [6.07, 6.45) is 0. The fourth-order valence-electron chi connectivity index (χ4n) is 1.85. The number of anilines is 1. The van der Waals surface area contributed by atoms with Crippen LogP contribution >= 0.6 is 0 Å². The van der Waals surface area contributed by atoms with Crippen LogP contribution in [0.25, 0.3) is 11.4 Å². The van der Waals surface area contributed by atoms with Crippen molar-refractivity contribution < 1.29 is 0 Å². The van der Waals surface area contributed by atoms with Crippen LogP contribution in [0.4, 0.5) is 5.95 Å². The van der Waals surface area contributed by atoms with Crippen LogP contribution < -0.4 is 5.32 Å². The highest BCUT2D eigenvalue weighted by Gasteiger charge is 2.11. The van der Waals surface area contributed by atoms with E-state index in [0.717, 1.165) is 17.3 Å². The molecule has 84 valence electrons. The fourth-order valence-corrected chi connectivity index (χ4v) is 1.85. The Balaban J connectivity index is 2.54. The maximum Gasteiger partial charge on any atom is 0.224 e. The Hall–Kier alpha value is -1.84. The number of aromatic nitrogens is 3. The quantitative estimate of drug-likeness (QED) is 0.836. The van der Waals surface area contributed by atoms with Gasteiger partial charge < -0.3 is 5.32 Å². The van der Waals surface area contributed by atoms with Crippen LogP contribution in [-0.4, -0.2) is 21.8 Å². The summed E-state index contributed by atoms with van der Waals surface area (Å²) >= 11 is 0. The lowest BCUT2D eigenvalue weighted by Crippen LogP contribution is -2.00. The van der Waals surface area contributed by atoms with Crippen molar-refractivity contribution in [3.05, 3.63) is 29.3 Å². The lowest BCUT2D eigenvalue weighted by molar-refractivity contribution is 0.923. The van der Waals surface area contributed by atoms with E-state index in [-0.39, 0.29) is 0 Å². The van der Waals surface area contributed by atoms with Crippen molar-refractivity contribution >= 4 is 5.95 Å². The molecular formula is C12H16N4. The van der Waals surface area contributed by atoms with Gasteiger partial charge in [-0.2, -0.15) is 0 Å². The lowest BCUT2D eigenvalue weighted by atomic mass is 10.1. The predicted octanol–water partition coefficient (Wildman–Crippen LogP) is 2.14. The van der Waals surface area contributed by atoms with Crippen molar-refractivity contribution in [2.75, 3.05) is 12.4 Å². The summed E-state index contributed by atoms with van der Waals surface area (Å²) in [5.41, 5.74) is 3.61. The molecule has 0 aliphatic rings. The molecule has 2 aromatic rings. The second kappa shape index (κ2) is 3.96. The van der Waals surface area contributed by atoms with Crippen LogP contribution in [0.1, 0.15) is 11.1 Å². The van der Waals surface area contributed by atoms with Crippen LogP contribution in [0.3, 0.4) is 0 Å². The molecule has 0 saturated carbocycles. The molecule has 1 aromatic heterocycles. The van der Waals surface area contributed by atoms with Crippen molar-refractivity contribution in [2.45, 2.75) is 13.8 Å². The normalized spacial score (nSPS) is 10.5. The molecule has 0 bridgehead atoms. The van der Waals surface area contributed by atoms with E-state index in [1.807, 2.05) is 18.7 Å². The molecule has 16 heavy (non-hydrogen) atoms. The molecule has 0 unspecified atom stereocenters. The first-order valence-electron chi connectivity index (χ1n) is 5.28. The second-order valence-electron chi connectivity index (χ2n) is 3.97. The summed E-state index contributed by atoms with van der Waals surface area (Å²) in [6.45, 7) is 4.18. The maximum absolute atomic E-state index is 4.20. The van der Waals surface area contributed by atoms with Crippen LogP contribution in [0.2, 0.25) is 0 Å². The summed E-state index contributed by atoms with van der Waals surface area (Å²) < 4.78 is 1.96. The van der Waals surface area contributed by atoms with E-state index < -0.39 is 0 Å². The van der Waals surface area contributed by atoms with Gasteiger partial charge >= 0.3 is 0 Å². The van der Waals surface area contributed by atoms with Gasteiger partial charge in [0.15, 0.2) is 5.82 Å². The van der Waals surface area contributed by atoms with Gasteiger partial charge in [-0.25, -0.2) is 0 Å². The van der Waals surface area contributed by atoms with Crippen LogP contribution in [0.5, 0.6) is 0 Å². The Morgan fingerprint density at radius 2 is 1.94 bits per heavy atom. The molecule has 2 rings (SSSR count). The van der Waals surface area contributed by atoms with Crippen molar-refractivity contribution in [2.24, 2.45) is 7.05 Å². The fraction of sp³-hybridized carbons (Fsp3) is 0.333. The van der Waals surface area contributed by atoms with Gasteiger partial charge in [-0.15, -0.1) is 10.2 Å². The average molecular weight is 216 g/mol. The molecule has 1 heterocycles. The zero-order valence-electron chi connectivity index (χ0n) is 10.1. The molecule has 4 heteroatoms. The Bertz CT molecular complexity index is 514. The minimum absolute atomic E-state index is 0.773. The number of nitrogens with zero attached hydrogens (tertiary/aromatic N) is 3. The lowest BCUT2D eigenvalue weighted by Gasteiger charge is -2.06. The van der Waals surface area contributed by atoms with Gasteiger partial charge in [0, 0.05) is 19.7 Å². The van der Waals surface area contributed by atoms with E-state index >= 15 is 0 Å². The van der Waals surface area contributed by atoms with Crippen LogP contribution in [0, 0.1) is 13.8 Å². The SMILES string of the molecule is CNc1nnc(-c2ccc(C)cc2C)n1C. The number of hydrogen-bond acceptors (Lipinski definition) is 3. The number of nitrogens with one attached hydrogen (secondary N) is 1. The van der Waals surface area contributed by atoms with Crippen molar-refractivity contribution in [1.29, 1.82) is 0 Å². The maximum atomic E-state index is 4.20. The molecule has 0 radical (unpaired) electrons. The Morgan fingerprint density at radius 1 is 1.19 bits per heavy atom. The number of hydrogen-bond donors (Lipinski definition) is 1. The number of benzene rings is 1. The molecular weight excluding hydrogens is 200 g/mol. The van der Waals surface area contributed by atoms with Crippen molar-refractivity contribution in [3.63, 3.8) is 0 Å². The van der Waals surface area contributed by atoms with Gasteiger partial charge in [-0.05, 0) is 19.4 Å². The highest BCUT2D eigenvalue weighted by atomic mass is 15.3. The molecule has 1 N–H and O–H groups in total. The monoisotopic (exact) mass is 216 g/mol. The number of aryl methyl sites for hydroxylation is 2. The highest BCUT2D eigenvalue weighted by Crippen LogP contribution is 2.23. The molecule has 0 saturated heterocycles. The van der Waals surface area contributed by atoms with Gasteiger partial charge in [0.2, 0.25) is 5.95 Å². The minimum Gasteiger partial charge on any atom is -0.357 e. The van der Waals surface area contributed by atoms with Gasteiger partial charge in [-0.1, -0.05) is 23.8 Å². The van der Waals surface area contributed by atoms with Gasteiger partial charge in [0.1, 0.15) is 0 Å². The summed E-state index contributed by atoms with van der Waals surface area (Å²) in [5.74, 6) is 1.66. The Kier molecular flexibility index (Phi) is 2.64. The molecule has 4 nitrogen and oxygen atoms in total. The largest absolute Gasteiger partial charge is 0.357 e. The topological polar surface area (TPSA) is 42.7 Å². The van der Waals surface area contributed by atoms with E-state index in [0.29, 0.717) is 0 Å². The third kappa shape index (κ3) is 1.66. The minimum atomic E-state index is 0.773. The van der Waals surface area contributed by atoms with E-state index in [1.165, 1.54) is 11.1 Å². The van der Waals surface area contributed by atoms with E-state index in [9.17, 15) is 0 Å². The summed E-state index contributed by atoms with van der Waals surface area (Å²) in [6, 6.07) is 6.34. The van der Waals surface area contributed by atoms with Crippen LogP contribution in [0.15, 0.2) is 18.2 Å². The molecule has 0 amide bonds. The first kappa shape index (κ1) is 10.7. The third-order valence-electron chi connectivity index (χ3n) is 2.72. The first-order valence-corrected chi connectivity index (χ1v) is 5.28. The van der Waals surface area contributed by atoms with Crippen molar-refractivity contribution in [1.82, 2.24) is 14.8 Å². The molecule has 0 aliphatic heterocycles. The van der Waals surface area contributed by atoms with Gasteiger partial charge in [-0.3, -0.25) is 4.57 Å². The average Bonchev–Trinajstić information content (AvgIpc) is 2.60. The first-order chi connectivity index (χ1) is 7.63. The molecule has 0 aliphatic carbocycles. The van der Waals surface area contributed by atoms with Gasteiger partial charge in [0.25, 0.3) is 0 Å². The molecule has 0 spiro atoms. The smallest absolute Gasteiger partial charge is 0.224 e.